The number of rotatable bonds is 20. The van der Waals surface area contributed by atoms with Crippen LogP contribution in [0.5, 0.6) is 0 Å². The van der Waals surface area contributed by atoms with E-state index in [2.05, 4.69) is 32.7 Å². The first kappa shape index (κ1) is 25.1. The highest BCUT2D eigenvalue weighted by Crippen LogP contribution is 2.12. The van der Waals surface area contributed by atoms with Gasteiger partial charge in [0.25, 0.3) is 0 Å². The molecule has 0 aliphatic heterocycles. The van der Waals surface area contributed by atoms with Crippen LogP contribution in [0.25, 0.3) is 0 Å². The minimum absolute atomic E-state index is 0.727. The van der Waals surface area contributed by atoms with Gasteiger partial charge in [0.05, 0.1) is 0 Å². The third-order valence-electron chi connectivity index (χ3n) is 4.24. The van der Waals surface area contributed by atoms with Crippen molar-refractivity contribution in [1.82, 2.24) is 4.98 Å². The maximum atomic E-state index is 6.19. The van der Waals surface area contributed by atoms with E-state index in [9.17, 15) is 0 Å². The average molecular weight is 376 g/mol. The van der Waals surface area contributed by atoms with Crippen molar-refractivity contribution in [3.05, 3.63) is 0 Å². The van der Waals surface area contributed by atoms with E-state index in [1.165, 1.54) is 38.5 Å². The molecule has 0 aromatic rings. The predicted octanol–water partition coefficient (Wildman–Crippen LogP) is 5.82. The van der Waals surface area contributed by atoms with Crippen LogP contribution in [-0.4, -0.2) is 35.3 Å². The molecular formula is C20H45NO3Si. The largest absolute Gasteiger partial charge is 0.596 e. The van der Waals surface area contributed by atoms with Crippen molar-refractivity contribution in [1.29, 1.82) is 0 Å². The summed E-state index contributed by atoms with van der Waals surface area (Å²) in [6, 6.07) is 0. The Morgan fingerprint density at radius 3 is 1.36 bits per heavy atom. The fraction of sp³-hybridized carbons (Fsp3) is 1.00. The van der Waals surface area contributed by atoms with E-state index in [4.69, 9.17) is 13.3 Å². The number of nitrogens with one attached hydrogen (secondary N) is 1. The molecule has 152 valence electrons. The lowest BCUT2D eigenvalue weighted by Crippen LogP contribution is -2.59. The van der Waals surface area contributed by atoms with E-state index in [-0.39, 0.29) is 0 Å². The van der Waals surface area contributed by atoms with Gasteiger partial charge in [0.15, 0.2) is 0 Å². The first-order valence-corrected chi connectivity index (χ1v) is 12.6. The van der Waals surface area contributed by atoms with Crippen molar-refractivity contribution in [2.45, 2.75) is 105 Å². The highest BCUT2D eigenvalue weighted by molar-refractivity contribution is 6.57. The van der Waals surface area contributed by atoms with Gasteiger partial charge >= 0.3 is 8.97 Å². The van der Waals surface area contributed by atoms with Gasteiger partial charge in [-0.15, -0.1) is 0 Å². The molecule has 5 heteroatoms. The molecule has 25 heavy (non-hydrogen) atoms. The lowest BCUT2D eigenvalue weighted by Gasteiger charge is -2.30. The lowest BCUT2D eigenvalue weighted by atomic mass is 10.1. The van der Waals surface area contributed by atoms with E-state index >= 15 is 0 Å². The molecule has 4 nitrogen and oxygen atoms in total. The van der Waals surface area contributed by atoms with Gasteiger partial charge in [-0.05, 0) is 32.2 Å². The first-order valence-electron chi connectivity index (χ1n) is 10.9. The van der Waals surface area contributed by atoms with E-state index in [0.717, 1.165) is 64.9 Å². The average Bonchev–Trinajstić information content (AvgIpc) is 2.61. The molecule has 0 aliphatic carbocycles. The molecule has 0 aromatic heterocycles. The molecule has 1 N–H and O–H groups in total. The molecule has 0 saturated carbocycles. The minimum atomic E-state index is -2.73. The molecule has 0 fully saturated rings. The van der Waals surface area contributed by atoms with Crippen LogP contribution >= 0.6 is 0 Å². The van der Waals surface area contributed by atoms with Gasteiger partial charge in [-0.2, -0.15) is 0 Å². The Kier molecular flexibility index (Phi) is 18.9. The van der Waals surface area contributed by atoms with E-state index in [1.54, 1.807) is 0 Å². The molecular weight excluding hydrogens is 330 g/mol. The summed E-state index contributed by atoms with van der Waals surface area (Å²) in [6.07, 6.45) is 14.3. The second-order valence-corrected chi connectivity index (χ2v) is 9.19. The normalized spacial score (nSPS) is 12.0. The number of hydrogen-bond donors (Lipinski definition) is 1. The van der Waals surface area contributed by atoms with E-state index in [0.29, 0.717) is 0 Å². The summed E-state index contributed by atoms with van der Waals surface area (Å²) in [5, 5.41) is 0. The molecule has 0 amide bonds. The van der Waals surface area contributed by atoms with Gasteiger partial charge in [0.2, 0.25) is 0 Å². The Morgan fingerprint density at radius 1 is 0.520 bits per heavy atom. The molecule has 0 saturated heterocycles. The maximum Gasteiger partial charge on any atom is 0.596 e. The van der Waals surface area contributed by atoms with Crippen LogP contribution in [0.1, 0.15) is 105 Å². The van der Waals surface area contributed by atoms with Crippen LogP contribution < -0.4 is 4.98 Å². The standard InChI is InChI=1S/C20H45NO3Si/c1-5-9-13-14-15-16-17-21-25(22-18-10-6-2,23-19-11-7-3)24-20-12-8-4/h21H,5-20H2,1-4H3. The highest BCUT2D eigenvalue weighted by Gasteiger charge is 2.41. The Balaban J connectivity index is 4.43. The summed E-state index contributed by atoms with van der Waals surface area (Å²) < 4.78 is 18.6. The van der Waals surface area contributed by atoms with Crippen LogP contribution in [-0.2, 0) is 13.3 Å². The Labute approximate surface area is 158 Å². The van der Waals surface area contributed by atoms with Crippen LogP contribution in [0.3, 0.4) is 0 Å². The van der Waals surface area contributed by atoms with Crippen LogP contribution in [0.4, 0.5) is 0 Å². The fourth-order valence-corrected chi connectivity index (χ4v) is 4.76. The lowest BCUT2D eigenvalue weighted by molar-refractivity contribution is 0.0455. The Hall–Kier alpha value is 0.0569. The van der Waals surface area contributed by atoms with Crippen molar-refractivity contribution in [3.63, 3.8) is 0 Å². The quantitative estimate of drug-likeness (QED) is 0.215. The third kappa shape index (κ3) is 14.9. The summed E-state index contributed by atoms with van der Waals surface area (Å²) in [5.41, 5.74) is 0. The van der Waals surface area contributed by atoms with Crippen LogP contribution in [0.15, 0.2) is 0 Å². The first-order chi connectivity index (χ1) is 12.2. The van der Waals surface area contributed by atoms with Crippen molar-refractivity contribution < 1.29 is 13.3 Å². The second kappa shape index (κ2) is 18.8. The molecule has 0 spiro atoms. The molecule has 0 aromatic carbocycles. The van der Waals surface area contributed by atoms with Crippen LogP contribution in [0, 0.1) is 0 Å². The zero-order valence-corrected chi connectivity index (χ0v) is 18.5. The zero-order chi connectivity index (χ0) is 18.6. The SMILES string of the molecule is CCCCCCCCN[Si](OCCCC)(OCCCC)OCCCC. The second-order valence-electron chi connectivity index (χ2n) is 6.86. The van der Waals surface area contributed by atoms with Gasteiger partial charge in [0, 0.05) is 19.8 Å². The van der Waals surface area contributed by atoms with Gasteiger partial charge in [0.1, 0.15) is 0 Å². The number of hydrogen-bond acceptors (Lipinski definition) is 4. The molecule has 0 rings (SSSR count). The summed E-state index contributed by atoms with van der Waals surface area (Å²) in [6.45, 7) is 11.9. The van der Waals surface area contributed by atoms with Gasteiger partial charge in [-0.1, -0.05) is 79.1 Å². The van der Waals surface area contributed by atoms with Crippen molar-refractivity contribution in [2.75, 3.05) is 26.4 Å². The summed E-state index contributed by atoms with van der Waals surface area (Å²) in [7, 11) is -2.73. The number of unbranched alkanes of at least 4 members (excludes halogenated alkanes) is 8. The van der Waals surface area contributed by atoms with E-state index in [1.807, 2.05) is 0 Å². The van der Waals surface area contributed by atoms with E-state index < -0.39 is 8.97 Å². The van der Waals surface area contributed by atoms with Crippen molar-refractivity contribution in [2.24, 2.45) is 0 Å². The molecule has 0 unspecified atom stereocenters. The Morgan fingerprint density at radius 2 is 0.920 bits per heavy atom. The van der Waals surface area contributed by atoms with Crippen molar-refractivity contribution >= 4 is 8.97 Å². The maximum absolute atomic E-state index is 6.19. The topological polar surface area (TPSA) is 39.7 Å². The highest BCUT2D eigenvalue weighted by atomic mass is 28.4. The summed E-state index contributed by atoms with van der Waals surface area (Å²) in [4.78, 5) is 3.57. The molecule has 0 bridgehead atoms. The van der Waals surface area contributed by atoms with Crippen molar-refractivity contribution in [3.8, 4) is 0 Å². The van der Waals surface area contributed by atoms with Gasteiger partial charge in [-0.3, -0.25) is 4.98 Å². The third-order valence-corrected chi connectivity index (χ3v) is 6.68. The summed E-state index contributed by atoms with van der Waals surface area (Å²) >= 11 is 0. The molecule has 0 heterocycles. The van der Waals surface area contributed by atoms with Gasteiger partial charge < -0.3 is 13.3 Å². The Bertz CT molecular complexity index is 241. The molecule has 0 aliphatic rings. The minimum Gasteiger partial charge on any atom is -0.361 e. The molecule has 0 radical (unpaired) electrons. The zero-order valence-electron chi connectivity index (χ0n) is 17.5. The molecule has 0 atom stereocenters. The fourth-order valence-electron chi connectivity index (χ4n) is 2.48. The monoisotopic (exact) mass is 375 g/mol. The predicted molar refractivity (Wildman–Crippen MR) is 110 cm³/mol. The van der Waals surface area contributed by atoms with Gasteiger partial charge in [-0.25, -0.2) is 0 Å². The smallest absolute Gasteiger partial charge is 0.361 e. The summed E-state index contributed by atoms with van der Waals surface area (Å²) in [5.74, 6) is 0. The van der Waals surface area contributed by atoms with Crippen LogP contribution in [0.2, 0.25) is 0 Å².